The molecule has 0 bridgehead atoms. The summed E-state index contributed by atoms with van der Waals surface area (Å²) in [5, 5.41) is 0.817. The molecule has 1 saturated carbocycles. The maximum Gasteiger partial charge on any atom is 0.0811 e. The van der Waals surface area contributed by atoms with E-state index in [2.05, 4.69) is 55.4 Å². The third kappa shape index (κ3) is 5.72. The molecule has 2 aromatic carbocycles. The monoisotopic (exact) mass is 494 g/mol. The molecule has 0 N–H and O–H groups in total. The topological polar surface area (TPSA) is 3.24 Å². The third-order valence-corrected chi connectivity index (χ3v) is 7.58. The molecule has 0 amide bonds. The highest BCUT2D eigenvalue weighted by molar-refractivity contribution is 7.99. The summed E-state index contributed by atoms with van der Waals surface area (Å²) < 4.78 is 1.14. The molecule has 0 atom stereocenters. The first-order valence-corrected chi connectivity index (χ1v) is 11.9. The highest BCUT2D eigenvalue weighted by Crippen LogP contribution is 2.48. The fourth-order valence-electron chi connectivity index (χ4n) is 4.86. The molecule has 1 fully saturated rings. The molecule has 5 heteroatoms. The first-order chi connectivity index (χ1) is 13.5. The number of nitrogens with zero attached hydrogens (tertiary/aromatic N) is 2. The van der Waals surface area contributed by atoms with Crippen LogP contribution in [0.3, 0.4) is 0 Å². The van der Waals surface area contributed by atoms with Crippen LogP contribution in [0.5, 0.6) is 0 Å². The summed E-state index contributed by atoms with van der Waals surface area (Å²) in [5.74, 6) is 0.926. The lowest BCUT2D eigenvalue weighted by atomic mass is 9.88. The smallest absolute Gasteiger partial charge is 0.0811 e. The summed E-state index contributed by atoms with van der Waals surface area (Å²) in [4.78, 5) is 5.13. The molecule has 0 unspecified atom stereocenters. The van der Waals surface area contributed by atoms with Gasteiger partial charge >= 0.3 is 0 Å². The van der Waals surface area contributed by atoms with Gasteiger partial charge in [-0.3, -0.25) is 0 Å². The van der Waals surface area contributed by atoms with Crippen molar-refractivity contribution in [2.24, 2.45) is 5.92 Å². The fraction of sp³-hybridized carbons (Fsp3) is 0.500. The van der Waals surface area contributed by atoms with Gasteiger partial charge < -0.3 is 26.4 Å². The van der Waals surface area contributed by atoms with Crippen LogP contribution < -0.4 is 21.9 Å². The molecule has 0 radical (unpaired) electrons. The Bertz CT molecular complexity index is 820. The summed E-state index contributed by atoms with van der Waals surface area (Å²) in [6.45, 7) is 3.59. The number of hydrogen-bond donors (Lipinski definition) is 0. The number of anilines is 2. The Kier molecular flexibility index (Phi) is 8.00. The highest BCUT2D eigenvalue weighted by atomic mass is 79.9. The maximum absolute atomic E-state index is 6.35. The number of halogens is 2. The molecule has 1 aliphatic carbocycles. The second-order valence-electron chi connectivity index (χ2n) is 9.03. The van der Waals surface area contributed by atoms with E-state index in [-0.39, 0.29) is 17.0 Å². The molecule has 0 saturated heterocycles. The van der Waals surface area contributed by atoms with Gasteiger partial charge in [-0.25, -0.2) is 0 Å². The number of rotatable bonds is 6. The van der Waals surface area contributed by atoms with E-state index in [1.54, 1.807) is 0 Å². The van der Waals surface area contributed by atoms with Gasteiger partial charge in [-0.2, -0.15) is 0 Å². The van der Waals surface area contributed by atoms with Crippen molar-refractivity contribution in [2.45, 2.75) is 48.3 Å². The van der Waals surface area contributed by atoms with Crippen molar-refractivity contribution in [3.05, 3.63) is 47.5 Å². The van der Waals surface area contributed by atoms with Crippen molar-refractivity contribution >= 4 is 34.7 Å². The van der Waals surface area contributed by atoms with Crippen molar-refractivity contribution in [1.29, 1.82) is 0 Å². The normalized spacial score (nSPS) is 16.7. The van der Waals surface area contributed by atoms with Crippen LogP contribution in [0.1, 0.15) is 38.5 Å². The van der Waals surface area contributed by atoms with Gasteiger partial charge in [0, 0.05) is 33.7 Å². The molecule has 0 aromatic heterocycles. The molecule has 1 aliphatic heterocycles. The largest absolute Gasteiger partial charge is 1.00 e. The van der Waals surface area contributed by atoms with Gasteiger partial charge in [0.05, 0.1) is 38.6 Å². The molecule has 1 heterocycles. The molecule has 0 spiro atoms. The zero-order valence-electron chi connectivity index (χ0n) is 17.5. The zero-order valence-corrected chi connectivity index (χ0v) is 20.7. The standard InChI is InChI=1S/C24H32ClN2S.BrH/c1-27(2,18-19-9-4-3-5-10-19)16-8-15-26-21-11-6-7-12-23(21)28-24-14-13-20(25)17-22(24)26;/h6-7,11-14,17,19H,3-5,8-10,15-16,18H2,1-2H3;1H/q+1;/p-1. The second kappa shape index (κ2) is 10.1. The number of benzene rings is 2. The van der Waals surface area contributed by atoms with E-state index in [0.29, 0.717) is 0 Å². The van der Waals surface area contributed by atoms with E-state index < -0.39 is 0 Å². The van der Waals surface area contributed by atoms with Crippen LogP contribution >= 0.6 is 23.4 Å². The molecule has 2 nitrogen and oxygen atoms in total. The van der Waals surface area contributed by atoms with Crippen LogP contribution in [0.25, 0.3) is 0 Å². The van der Waals surface area contributed by atoms with Gasteiger partial charge in [-0.1, -0.05) is 54.8 Å². The van der Waals surface area contributed by atoms with E-state index in [1.807, 2.05) is 17.8 Å². The molecule has 2 aromatic rings. The first-order valence-electron chi connectivity index (χ1n) is 10.7. The minimum Gasteiger partial charge on any atom is -1.00 e. The van der Waals surface area contributed by atoms with Crippen LogP contribution in [0.4, 0.5) is 11.4 Å². The van der Waals surface area contributed by atoms with Crippen LogP contribution in [-0.2, 0) is 0 Å². The van der Waals surface area contributed by atoms with E-state index >= 15 is 0 Å². The lowest BCUT2D eigenvalue weighted by Crippen LogP contribution is -3.00. The van der Waals surface area contributed by atoms with Crippen molar-refractivity contribution in [1.82, 2.24) is 0 Å². The minimum absolute atomic E-state index is 0. The Morgan fingerprint density at radius 2 is 1.72 bits per heavy atom. The van der Waals surface area contributed by atoms with E-state index in [0.717, 1.165) is 22.0 Å². The molecule has 158 valence electrons. The summed E-state index contributed by atoms with van der Waals surface area (Å²) in [6.07, 6.45) is 8.37. The van der Waals surface area contributed by atoms with E-state index in [4.69, 9.17) is 11.6 Å². The summed E-state index contributed by atoms with van der Waals surface area (Å²) in [6, 6.07) is 15.0. The third-order valence-electron chi connectivity index (χ3n) is 6.21. The lowest BCUT2D eigenvalue weighted by Gasteiger charge is -2.37. The summed E-state index contributed by atoms with van der Waals surface area (Å²) in [5.41, 5.74) is 2.58. The number of para-hydroxylation sites is 1. The SMILES string of the molecule is C[N+](C)(CCCN1c2ccccc2Sc2ccc(Cl)cc21)CC1CCCCC1.[Br-]. The molecule has 2 aliphatic rings. The van der Waals surface area contributed by atoms with E-state index in [9.17, 15) is 0 Å². The van der Waals surface area contributed by atoms with Gasteiger partial charge in [0.15, 0.2) is 0 Å². The predicted octanol–water partition coefficient (Wildman–Crippen LogP) is 3.99. The Morgan fingerprint density at radius 3 is 2.52 bits per heavy atom. The maximum atomic E-state index is 6.35. The van der Waals surface area contributed by atoms with Crippen molar-refractivity contribution in [3.8, 4) is 0 Å². The predicted molar refractivity (Wildman–Crippen MR) is 122 cm³/mol. The number of fused-ring (bicyclic) bond motifs is 2. The molecular formula is C24H32BrClN2S. The van der Waals surface area contributed by atoms with Crippen LogP contribution in [0.2, 0.25) is 5.02 Å². The second-order valence-corrected chi connectivity index (χ2v) is 10.6. The van der Waals surface area contributed by atoms with Crippen molar-refractivity contribution < 1.29 is 21.5 Å². The van der Waals surface area contributed by atoms with Crippen molar-refractivity contribution in [3.63, 3.8) is 0 Å². The zero-order chi connectivity index (χ0) is 19.6. The molecular weight excluding hydrogens is 464 g/mol. The molecule has 4 rings (SSSR count). The summed E-state index contributed by atoms with van der Waals surface area (Å²) in [7, 11) is 4.83. The van der Waals surface area contributed by atoms with E-state index in [1.165, 1.54) is 72.8 Å². The number of hydrogen-bond acceptors (Lipinski definition) is 2. The van der Waals surface area contributed by atoms with Crippen LogP contribution in [-0.4, -0.2) is 38.2 Å². The molecule has 29 heavy (non-hydrogen) atoms. The van der Waals surface area contributed by atoms with Crippen LogP contribution in [0.15, 0.2) is 52.3 Å². The average Bonchev–Trinajstić information content (AvgIpc) is 2.68. The van der Waals surface area contributed by atoms with Gasteiger partial charge in [0.25, 0.3) is 0 Å². The van der Waals surface area contributed by atoms with Gasteiger partial charge in [-0.05, 0) is 43.2 Å². The minimum atomic E-state index is 0. The lowest BCUT2D eigenvalue weighted by molar-refractivity contribution is -0.893. The Labute approximate surface area is 196 Å². The first kappa shape index (κ1) is 23.0. The average molecular weight is 496 g/mol. The van der Waals surface area contributed by atoms with Crippen LogP contribution in [0, 0.1) is 5.92 Å². The van der Waals surface area contributed by atoms with Gasteiger partial charge in [-0.15, -0.1) is 0 Å². The Morgan fingerprint density at radius 1 is 1.00 bits per heavy atom. The number of quaternary nitrogens is 1. The van der Waals surface area contributed by atoms with Crippen molar-refractivity contribution in [2.75, 3.05) is 38.6 Å². The highest BCUT2D eigenvalue weighted by Gasteiger charge is 2.26. The van der Waals surface area contributed by atoms with Gasteiger partial charge in [0.1, 0.15) is 0 Å². The Balaban J connectivity index is 0.00000240. The Hall–Kier alpha value is -0.680. The summed E-state index contributed by atoms with van der Waals surface area (Å²) >= 11 is 8.20. The quantitative estimate of drug-likeness (QED) is 0.558. The fourth-order valence-corrected chi connectivity index (χ4v) is 6.10. The van der Waals surface area contributed by atoms with Gasteiger partial charge in [0.2, 0.25) is 0 Å².